The van der Waals surface area contributed by atoms with Gasteiger partial charge in [0, 0.05) is 38.3 Å². The number of benzene rings is 2. The lowest BCUT2D eigenvalue weighted by atomic mass is 10.1. The molecule has 0 spiro atoms. The summed E-state index contributed by atoms with van der Waals surface area (Å²) in [5.41, 5.74) is 2.90. The molecule has 0 aromatic heterocycles. The summed E-state index contributed by atoms with van der Waals surface area (Å²) in [6, 6.07) is 15.7. The molecule has 0 radical (unpaired) electrons. The average molecular weight is 442 g/mol. The van der Waals surface area contributed by atoms with Crippen molar-refractivity contribution < 1.29 is 9.53 Å². The summed E-state index contributed by atoms with van der Waals surface area (Å²) >= 11 is 3.50. The number of ether oxygens (including phenoxy) is 1. The largest absolute Gasteiger partial charge is 0.496 e. The van der Waals surface area contributed by atoms with Crippen LogP contribution in [0.3, 0.4) is 0 Å². The lowest BCUT2D eigenvalue weighted by Gasteiger charge is -2.24. The summed E-state index contributed by atoms with van der Waals surface area (Å²) in [4.78, 5) is 17.0. The Morgan fingerprint density at radius 1 is 1.14 bits per heavy atom. The molecule has 2 aromatic rings. The van der Waals surface area contributed by atoms with Gasteiger partial charge in [-0.3, -0.25) is 4.79 Å². The fraction of sp³-hybridized carbons (Fsp3) is 0.364. The number of carbonyl (C=O) groups excluding carboxylic acids is 1. The van der Waals surface area contributed by atoms with Crippen molar-refractivity contribution in [3.05, 3.63) is 58.1 Å². The van der Waals surface area contributed by atoms with Crippen molar-refractivity contribution in [3.63, 3.8) is 0 Å². The van der Waals surface area contributed by atoms with Gasteiger partial charge in [-0.2, -0.15) is 5.26 Å². The average Bonchev–Trinajstić information content (AvgIpc) is 2.98. The number of methoxy groups -OCH3 is 1. The fourth-order valence-corrected chi connectivity index (χ4v) is 4.03. The summed E-state index contributed by atoms with van der Waals surface area (Å²) in [5, 5.41) is 8.94. The quantitative estimate of drug-likeness (QED) is 0.703. The maximum atomic E-state index is 12.7. The molecular weight excluding hydrogens is 418 g/mol. The van der Waals surface area contributed by atoms with E-state index >= 15 is 0 Å². The van der Waals surface area contributed by atoms with Crippen LogP contribution in [0.15, 0.2) is 46.9 Å². The Morgan fingerprint density at radius 2 is 1.93 bits per heavy atom. The molecule has 0 saturated carbocycles. The molecule has 1 fully saturated rings. The van der Waals surface area contributed by atoms with Crippen LogP contribution in [0.5, 0.6) is 5.75 Å². The van der Waals surface area contributed by atoms with Crippen LogP contribution < -0.4 is 9.64 Å². The molecule has 28 heavy (non-hydrogen) atoms. The van der Waals surface area contributed by atoms with E-state index in [1.165, 1.54) is 0 Å². The first-order chi connectivity index (χ1) is 13.6. The number of nitrogens with zero attached hydrogens (tertiary/aromatic N) is 3. The third-order valence-corrected chi connectivity index (χ3v) is 5.67. The van der Waals surface area contributed by atoms with Crippen molar-refractivity contribution >= 4 is 27.5 Å². The predicted molar refractivity (Wildman–Crippen MR) is 114 cm³/mol. The zero-order valence-electron chi connectivity index (χ0n) is 16.0. The topological polar surface area (TPSA) is 56.6 Å². The highest BCUT2D eigenvalue weighted by Crippen LogP contribution is 2.26. The molecule has 1 amide bonds. The van der Waals surface area contributed by atoms with E-state index in [2.05, 4.69) is 26.9 Å². The van der Waals surface area contributed by atoms with E-state index in [0.29, 0.717) is 12.0 Å². The van der Waals surface area contributed by atoms with Gasteiger partial charge in [-0.15, -0.1) is 0 Å². The SMILES string of the molecule is COc1ccc(CCC(=O)N2CCCN(c3ccc(C#N)cc3)CC2)cc1Br. The van der Waals surface area contributed by atoms with Crippen LogP contribution in [-0.2, 0) is 11.2 Å². The van der Waals surface area contributed by atoms with E-state index in [4.69, 9.17) is 10.00 Å². The molecular formula is C22H24BrN3O2. The van der Waals surface area contributed by atoms with Crippen LogP contribution in [0.25, 0.3) is 0 Å². The van der Waals surface area contributed by atoms with Crippen LogP contribution in [0, 0.1) is 11.3 Å². The van der Waals surface area contributed by atoms with Gasteiger partial charge in [0.15, 0.2) is 0 Å². The van der Waals surface area contributed by atoms with Crippen molar-refractivity contribution in [2.45, 2.75) is 19.3 Å². The van der Waals surface area contributed by atoms with Gasteiger partial charge in [0.05, 0.1) is 23.2 Å². The van der Waals surface area contributed by atoms with Gasteiger partial charge in [-0.1, -0.05) is 6.07 Å². The van der Waals surface area contributed by atoms with E-state index in [1.807, 2.05) is 47.4 Å². The van der Waals surface area contributed by atoms with Gasteiger partial charge in [-0.25, -0.2) is 0 Å². The van der Waals surface area contributed by atoms with Gasteiger partial charge in [-0.05, 0) is 70.7 Å². The highest BCUT2D eigenvalue weighted by molar-refractivity contribution is 9.10. The summed E-state index contributed by atoms with van der Waals surface area (Å²) in [6.07, 6.45) is 2.17. The Morgan fingerprint density at radius 3 is 2.61 bits per heavy atom. The Kier molecular flexibility index (Phi) is 6.94. The summed E-state index contributed by atoms with van der Waals surface area (Å²) in [6.45, 7) is 3.25. The number of nitriles is 1. The van der Waals surface area contributed by atoms with E-state index in [1.54, 1.807) is 7.11 Å². The van der Waals surface area contributed by atoms with Crippen LogP contribution in [0.4, 0.5) is 5.69 Å². The van der Waals surface area contributed by atoms with Crippen LogP contribution >= 0.6 is 15.9 Å². The maximum Gasteiger partial charge on any atom is 0.222 e. The number of amides is 1. The minimum atomic E-state index is 0.202. The number of hydrogen-bond donors (Lipinski definition) is 0. The number of anilines is 1. The molecule has 1 saturated heterocycles. The van der Waals surface area contributed by atoms with Crippen LogP contribution in [0.1, 0.15) is 24.0 Å². The molecule has 2 aromatic carbocycles. The summed E-state index contributed by atoms with van der Waals surface area (Å²) in [7, 11) is 1.64. The minimum absolute atomic E-state index is 0.202. The number of aryl methyl sites for hydroxylation is 1. The van der Waals surface area contributed by atoms with E-state index in [9.17, 15) is 4.79 Å². The second-order valence-electron chi connectivity index (χ2n) is 6.85. The normalized spacial score (nSPS) is 14.3. The van der Waals surface area contributed by atoms with E-state index in [-0.39, 0.29) is 5.91 Å². The molecule has 3 rings (SSSR count). The van der Waals surface area contributed by atoms with Crippen LogP contribution in [0.2, 0.25) is 0 Å². The molecule has 1 aliphatic heterocycles. The fourth-order valence-electron chi connectivity index (χ4n) is 3.45. The molecule has 0 atom stereocenters. The first-order valence-electron chi connectivity index (χ1n) is 9.46. The lowest BCUT2D eigenvalue weighted by molar-refractivity contribution is -0.130. The Labute approximate surface area is 174 Å². The lowest BCUT2D eigenvalue weighted by Crippen LogP contribution is -2.35. The van der Waals surface area contributed by atoms with Crippen molar-refractivity contribution in [2.75, 3.05) is 38.2 Å². The zero-order chi connectivity index (χ0) is 19.9. The minimum Gasteiger partial charge on any atom is -0.496 e. The molecule has 5 nitrogen and oxygen atoms in total. The van der Waals surface area contributed by atoms with Gasteiger partial charge in [0.2, 0.25) is 5.91 Å². The molecule has 0 aliphatic carbocycles. The van der Waals surface area contributed by atoms with Crippen molar-refractivity contribution in [3.8, 4) is 11.8 Å². The third-order valence-electron chi connectivity index (χ3n) is 5.05. The molecule has 0 bridgehead atoms. The molecule has 1 heterocycles. The monoisotopic (exact) mass is 441 g/mol. The van der Waals surface area contributed by atoms with Crippen molar-refractivity contribution in [2.24, 2.45) is 0 Å². The Bertz CT molecular complexity index is 861. The van der Waals surface area contributed by atoms with Gasteiger partial charge >= 0.3 is 0 Å². The smallest absolute Gasteiger partial charge is 0.222 e. The number of carbonyl (C=O) groups is 1. The molecule has 0 N–H and O–H groups in total. The first-order valence-corrected chi connectivity index (χ1v) is 10.3. The van der Waals surface area contributed by atoms with Crippen molar-refractivity contribution in [1.29, 1.82) is 5.26 Å². The number of rotatable bonds is 5. The predicted octanol–water partition coefficient (Wildman–Crippen LogP) is 4.00. The summed E-state index contributed by atoms with van der Waals surface area (Å²) in [5.74, 6) is 0.999. The first kappa shape index (κ1) is 20.2. The van der Waals surface area contributed by atoms with Gasteiger partial charge in [0.1, 0.15) is 5.75 Å². The second-order valence-corrected chi connectivity index (χ2v) is 7.70. The van der Waals surface area contributed by atoms with Crippen molar-refractivity contribution in [1.82, 2.24) is 4.90 Å². The van der Waals surface area contributed by atoms with Crippen LogP contribution in [-0.4, -0.2) is 44.1 Å². The van der Waals surface area contributed by atoms with Gasteiger partial charge in [0.25, 0.3) is 0 Å². The number of halogens is 1. The zero-order valence-corrected chi connectivity index (χ0v) is 17.6. The van der Waals surface area contributed by atoms with E-state index in [0.717, 1.165) is 60.5 Å². The maximum absolute atomic E-state index is 12.7. The molecule has 146 valence electrons. The van der Waals surface area contributed by atoms with Gasteiger partial charge < -0.3 is 14.5 Å². The third kappa shape index (κ3) is 5.05. The Hall–Kier alpha value is -2.52. The standard InChI is InChI=1S/C22H24BrN3O2/c1-28-21-9-5-17(15-20(21)23)6-10-22(27)26-12-2-11-25(13-14-26)19-7-3-18(16-24)4-8-19/h3-5,7-9,15H,2,6,10-14H2,1H3. The number of hydrogen-bond acceptors (Lipinski definition) is 4. The molecule has 0 unspecified atom stereocenters. The summed E-state index contributed by atoms with van der Waals surface area (Å²) < 4.78 is 6.16. The molecule has 1 aliphatic rings. The molecule has 6 heteroatoms. The highest BCUT2D eigenvalue weighted by atomic mass is 79.9. The highest BCUT2D eigenvalue weighted by Gasteiger charge is 2.19. The Balaban J connectivity index is 1.53. The van der Waals surface area contributed by atoms with E-state index < -0.39 is 0 Å². The second kappa shape index (κ2) is 9.61.